The minimum Gasteiger partial charge on any atom is -0.377 e. The first-order chi connectivity index (χ1) is 5.04. The third kappa shape index (κ3) is 2.17. The van der Waals surface area contributed by atoms with Crippen molar-refractivity contribution in [3.63, 3.8) is 0 Å². The van der Waals surface area contributed by atoms with Crippen molar-refractivity contribution in [3.05, 3.63) is 0 Å². The molecule has 1 aliphatic rings. The van der Waals surface area contributed by atoms with Crippen LogP contribution in [0.5, 0.6) is 0 Å². The first-order valence-corrected chi connectivity index (χ1v) is 4.35. The monoisotopic (exact) mass is 157 g/mol. The summed E-state index contributed by atoms with van der Waals surface area (Å²) in [7, 11) is 0. The molecule has 1 rings (SSSR count). The summed E-state index contributed by atoms with van der Waals surface area (Å²) in [5, 5.41) is 0. The molecule has 2 nitrogen and oxygen atoms in total. The van der Waals surface area contributed by atoms with Gasteiger partial charge in [0.15, 0.2) is 0 Å². The fourth-order valence-corrected chi connectivity index (χ4v) is 1.47. The standard InChI is InChI=1S/C9H19NO/c1-9(2,3)7-4-8(5-10)11-6-7/h7-8H,4-6,10H2,1-3H3/t7-,8+/m1/s1. The molecule has 66 valence electrons. The summed E-state index contributed by atoms with van der Waals surface area (Å²) in [5.74, 6) is 0.691. The molecule has 11 heavy (non-hydrogen) atoms. The fraction of sp³-hybridized carbons (Fsp3) is 1.00. The normalized spacial score (nSPS) is 32.7. The summed E-state index contributed by atoms with van der Waals surface area (Å²) in [4.78, 5) is 0. The first-order valence-electron chi connectivity index (χ1n) is 4.35. The molecule has 2 heteroatoms. The summed E-state index contributed by atoms with van der Waals surface area (Å²) in [5.41, 5.74) is 5.89. The van der Waals surface area contributed by atoms with Crippen LogP contribution in [0.15, 0.2) is 0 Å². The number of hydrogen-bond acceptors (Lipinski definition) is 2. The summed E-state index contributed by atoms with van der Waals surface area (Å²) in [6, 6.07) is 0. The molecule has 2 atom stereocenters. The molecular weight excluding hydrogens is 138 g/mol. The molecule has 0 aliphatic carbocycles. The van der Waals surface area contributed by atoms with Gasteiger partial charge in [-0.15, -0.1) is 0 Å². The van der Waals surface area contributed by atoms with E-state index in [9.17, 15) is 0 Å². The lowest BCUT2D eigenvalue weighted by atomic mass is 9.79. The van der Waals surface area contributed by atoms with E-state index in [1.807, 2.05) is 0 Å². The highest BCUT2D eigenvalue weighted by atomic mass is 16.5. The van der Waals surface area contributed by atoms with E-state index in [2.05, 4.69) is 20.8 Å². The smallest absolute Gasteiger partial charge is 0.0701 e. The quantitative estimate of drug-likeness (QED) is 0.624. The van der Waals surface area contributed by atoms with Gasteiger partial charge in [0, 0.05) is 6.54 Å². The fourth-order valence-electron chi connectivity index (χ4n) is 1.47. The van der Waals surface area contributed by atoms with Gasteiger partial charge in [0.2, 0.25) is 0 Å². The van der Waals surface area contributed by atoms with E-state index in [4.69, 9.17) is 10.5 Å². The molecule has 0 radical (unpaired) electrons. The number of ether oxygens (including phenoxy) is 1. The van der Waals surface area contributed by atoms with Gasteiger partial charge < -0.3 is 10.5 Å². The molecule has 0 aromatic rings. The minimum absolute atomic E-state index is 0.319. The molecule has 0 aromatic carbocycles. The number of nitrogens with two attached hydrogens (primary N) is 1. The zero-order chi connectivity index (χ0) is 8.48. The van der Waals surface area contributed by atoms with E-state index in [0.717, 1.165) is 13.0 Å². The zero-order valence-electron chi connectivity index (χ0n) is 7.76. The van der Waals surface area contributed by atoms with Gasteiger partial charge >= 0.3 is 0 Å². The molecule has 1 heterocycles. The molecule has 1 saturated heterocycles. The van der Waals surface area contributed by atoms with Gasteiger partial charge in [0.1, 0.15) is 0 Å². The van der Waals surface area contributed by atoms with E-state index in [0.29, 0.717) is 24.0 Å². The molecule has 1 aliphatic heterocycles. The van der Waals surface area contributed by atoms with Crippen molar-refractivity contribution in [1.82, 2.24) is 0 Å². The van der Waals surface area contributed by atoms with Crippen LogP contribution in [0.25, 0.3) is 0 Å². The third-order valence-electron chi connectivity index (χ3n) is 2.57. The topological polar surface area (TPSA) is 35.2 Å². The van der Waals surface area contributed by atoms with Crippen LogP contribution in [0.3, 0.4) is 0 Å². The lowest BCUT2D eigenvalue weighted by Crippen LogP contribution is -2.22. The molecule has 0 amide bonds. The Morgan fingerprint density at radius 3 is 2.36 bits per heavy atom. The van der Waals surface area contributed by atoms with Crippen molar-refractivity contribution < 1.29 is 4.74 Å². The van der Waals surface area contributed by atoms with Crippen molar-refractivity contribution in [2.24, 2.45) is 17.1 Å². The van der Waals surface area contributed by atoms with Gasteiger partial charge in [-0.05, 0) is 17.8 Å². The Morgan fingerprint density at radius 1 is 1.45 bits per heavy atom. The SMILES string of the molecule is CC(C)(C)[C@H]1CO[C@H](CN)C1. The molecule has 1 fully saturated rings. The van der Waals surface area contributed by atoms with Gasteiger partial charge in [-0.2, -0.15) is 0 Å². The Kier molecular flexibility index (Phi) is 2.55. The summed E-state index contributed by atoms with van der Waals surface area (Å²) in [6.45, 7) is 8.36. The van der Waals surface area contributed by atoms with E-state index >= 15 is 0 Å². The average Bonchev–Trinajstić information content (AvgIpc) is 2.32. The summed E-state index contributed by atoms with van der Waals surface area (Å²) < 4.78 is 5.52. The van der Waals surface area contributed by atoms with Gasteiger partial charge in [-0.25, -0.2) is 0 Å². The molecule has 0 bridgehead atoms. The number of rotatable bonds is 1. The van der Waals surface area contributed by atoms with Crippen molar-refractivity contribution >= 4 is 0 Å². The van der Waals surface area contributed by atoms with Gasteiger partial charge in [-0.3, -0.25) is 0 Å². The highest BCUT2D eigenvalue weighted by molar-refractivity contribution is 4.82. The first kappa shape index (κ1) is 9.01. The second-order valence-corrected chi connectivity index (χ2v) is 4.49. The van der Waals surface area contributed by atoms with Crippen LogP contribution >= 0.6 is 0 Å². The lowest BCUT2D eigenvalue weighted by Gasteiger charge is -2.25. The molecule has 0 aromatic heterocycles. The van der Waals surface area contributed by atoms with Gasteiger partial charge in [0.05, 0.1) is 12.7 Å². The maximum atomic E-state index is 5.52. The Labute approximate surface area is 69.1 Å². The maximum absolute atomic E-state index is 5.52. The maximum Gasteiger partial charge on any atom is 0.0701 e. The Bertz CT molecular complexity index is 128. The van der Waals surface area contributed by atoms with Gasteiger partial charge in [-0.1, -0.05) is 20.8 Å². The molecule has 0 spiro atoms. The van der Waals surface area contributed by atoms with E-state index < -0.39 is 0 Å². The molecule has 0 saturated carbocycles. The van der Waals surface area contributed by atoms with E-state index in [1.54, 1.807) is 0 Å². The van der Waals surface area contributed by atoms with Gasteiger partial charge in [0.25, 0.3) is 0 Å². The Balaban J connectivity index is 2.42. The zero-order valence-corrected chi connectivity index (χ0v) is 7.76. The molecule has 2 N–H and O–H groups in total. The van der Waals surface area contributed by atoms with Crippen LogP contribution in [0.2, 0.25) is 0 Å². The van der Waals surface area contributed by atoms with E-state index in [-0.39, 0.29) is 0 Å². The van der Waals surface area contributed by atoms with Crippen LogP contribution in [0, 0.1) is 11.3 Å². The second-order valence-electron chi connectivity index (χ2n) is 4.49. The average molecular weight is 157 g/mol. The Morgan fingerprint density at radius 2 is 2.09 bits per heavy atom. The lowest BCUT2D eigenvalue weighted by molar-refractivity contribution is 0.102. The minimum atomic E-state index is 0.319. The van der Waals surface area contributed by atoms with Crippen molar-refractivity contribution in [2.75, 3.05) is 13.2 Å². The van der Waals surface area contributed by atoms with Crippen LogP contribution in [-0.4, -0.2) is 19.3 Å². The van der Waals surface area contributed by atoms with Crippen molar-refractivity contribution in [3.8, 4) is 0 Å². The van der Waals surface area contributed by atoms with Crippen molar-refractivity contribution in [2.45, 2.75) is 33.3 Å². The molecular formula is C9H19NO. The predicted molar refractivity (Wildman–Crippen MR) is 46.4 cm³/mol. The van der Waals surface area contributed by atoms with Crippen LogP contribution in [-0.2, 0) is 4.74 Å². The largest absolute Gasteiger partial charge is 0.377 e. The van der Waals surface area contributed by atoms with Crippen LogP contribution in [0.4, 0.5) is 0 Å². The highest BCUT2D eigenvalue weighted by Gasteiger charge is 2.32. The van der Waals surface area contributed by atoms with Crippen molar-refractivity contribution in [1.29, 1.82) is 0 Å². The molecule has 0 unspecified atom stereocenters. The summed E-state index contributed by atoms with van der Waals surface area (Å²) >= 11 is 0. The summed E-state index contributed by atoms with van der Waals surface area (Å²) in [6.07, 6.45) is 1.46. The van der Waals surface area contributed by atoms with Crippen LogP contribution < -0.4 is 5.73 Å². The van der Waals surface area contributed by atoms with Crippen LogP contribution in [0.1, 0.15) is 27.2 Å². The third-order valence-corrected chi connectivity index (χ3v) is 2.57. The predicted octanol–water partition coefficient (Wildman–Crippen LogP) is 1.40. The highest BCUT2D eigenvalue weighted by Crippen LogP contribution is 2.34. The number of hydrogen-bond donors (Lipinski definition) is 1. The Hall–Kier alpha value is -0.0800. The second kappa shape index (κ2) is 3.11. The van der Waals surface area contributed by atoms with E-state index in [1.165, 1.54) is 0 Å².